The summed E-state index contributed by atoms with van der Waals surface area (Å²) in [4.78, 5) is 0. The van der Waals surface area contributed by atoms with Gasteiger partial charge in [0.1, 0.15) is 0 Å². The van der Waals surface area contributed by atoms with Crippen molar-refractivity contribution in [1.82, 2.24) is 8.61 Å². The van der Waals surface area contributed by atoms with Gasteiger partial charge in [-0.05, 0) is 49.9 Å². The summed E-state index contributed by atoms with van der Waals surface area (Å²) >= 11 is 0.0287. The van der Waals surface area contributed by atoms with Crippen LogP contribution in [0.1, 0.15) is 79.1 Å². The second-order valence-corrected chi connectivity index (χ2v) is 20.3. The van der Waals surface area contributed by atoms with Gasteiger partial charge in [-0.2, -0.15) is 21.8 Å². The van der Waals surface area contributed by atoms with Crippen molar-refractivity contribution in [3.05, 3.63) is 67.8 Å². The molecule has 2 rings (SSSR count). The Hall–Kier alpha value is -1.27. The van der Waals surface area contributed by atoms with E-state index >= 15 is 0 Å². The Morgan fingerprint density at radius 1 is 0.578 bits per heavy atom. The highest BCUT2D eigenvalue weighted by Gasteiger charge is 2.63. The highest BCUT2D eigenvalue weighted by Crippen LogP contribution is 2.35. The smallest absolute Gasteiger partial charge is 0.217 e. The van der Waals surface area contributed by atoms with E-state index < -0.39 is 39.3 Å². The second-order valence-electron chi connectivity index (χ2n) is 10.3. The zero-order valence-electron chi connectivity index (χ0n) is 26.4. The van der Waals surface area contributed by atoms with Crippen LogP contribution in [0.2, 0.25) is 0 Å². The van der Waals surface area contributed by atoms with E-state index in [0.29, 0.717) is 34.3 Å². The van der Waals surface area contributed by atoms with Crippen LogP contribution in [0.25, 0.3) is 0 Å². The Balaban J connectivity index is 0.000000635. The van der Waals surface area contributed by atoms with Gasteiger partial charge in [0, 0.05) is 26.2 Å². The fourth-order valence-corrected chi connectivity index (χ4v) is 14.4. The molecule has 0 unspecified atom stereocenters. The lowest BCUT2D eigenvalue weighted by atomic mass is 10.3. The van der Waals surface area contributed by atoms with Gasteiger partial charge in [0.15, 0.2) is 7.14 Å². The van der Waals surface area contributed by atoms with Crippen LogP contribution in [0.5, 0.6) is 0 Å². The van der Waals surface area contributed by atoms with Crippen LogP contribution in [0.4, 0.5) is 13.2 Å². The number of hydrogen-bond donors (Lipinski definition) is 0. The van der Waals surface area contributed by atoms with Gasteiger partial charge in [0.2, 0.25) is 20.0 Å². The van der Waals surface area contributed by atoms with Gasteiger partial charge in [-0.15, -0.1) is 0 Å². The van der Waals surface area contributed by atoms with Crippen LogP contribution < -0.4 is 21.2 Å². The molecule has 0 amide bonds. The molecule has 0 radical (unpaired) electrons. The van der Waals surface area contributed by atoms with Crippen molar-refractivity contribution < 1.29 is 59.6 Å². The molecule has 0 bridgehead atoms. The van der Waals surface area contributed by atoms with Crippen LogP contribution in [0, 0.1) is 7.14 Å². The highest BCUT2D eigenvalue weighted by molar-refractivity contribution is 8.23. The molecule has 8 nitrogen and oxygen atoms in total. The van der Waals surface area contributed by atoms with E-state index in [1.165, 1.54) is 7.14 Å². The monoisotopic (exact) mass is 811 g/mol. The summed E-state index contributed by atoms with van der Waals surface area (Å²) in [5, 5.41) is 0. The first-order valence-corrected chi connectivity index (χ1v) is 21.8. The first kappa shape index (κ1) is 41.8. The van der Waals surface area contributed by atoms with E-state index in [1.54, 1.807) is 27.7 Å². The first-order chi connectivity index (χ1) is 21.1. The van der Waals surface area contributed by atoms with Crippen LogP contribution in [-0.2, 0) is 29.9 Å². The minimum Gasteiger partial charge on any atom is -0.217 e. The quantitative estimate of drug-likeness (QED) is 0.201. The maximum absolute atomic E-state index is 13.5. The Labute approximate surface area is 279 Å². The Morgan fingerprint density at radius 3 is 1.11 bits per heavy atom. The van der Waals surface area contributed by atoms with Crippen molar-refractivity contribution in [3.63, 3.8) is 0 Å². The summed E-state index contributed by atoms with van der Waals surface area (Å²) in [6, 6.07) is 21.4. The zero-order valence-corrected chi connectivity index (χ0v) is 31.0. The fourth-order valence-electron chi connectivity index (χ4n) is 3.98. The van der Waals surface area contributed by atoms with E-state index in [0.717, 1.165) is 0 Å². The molecule has 0 atom stereocenters. The lowest BCUT2D eigenvalue weighted by molar-refractivity contribution is -0.597. The molecule has 0 aliphatic carbocycles. The number of sulfone groups is 1. The number of halogens is 4. The number of benzene rings is 2. The van der Waals surface area contributed by atoms with Crippen molar-refractivity contribution in [3.8, 4) is 0 Å². The summed E-state index contributed by atoms with van der Waals surface area (Å²) < 4.78 is 119. The lowest BCUT2D eigenvalue weighted by Crippen LogP contribution is -3.61. The minimum atomic E-state index is -6.60. The molecule has 2 aromatic carbocycles. The third-order valence-electron chi connectivity index (χ3n) is 6.51. The summed E-state index contributed by atoms with van der Waals surface area (Å²) in [6.45, 7) is 5.85. The molecule has 0 spiro atoms. The van der Waals surface area contributed by atoms with E-state index in [9.17, 15) is 38.4 Å². The lowest BCUT2D eigenvalue weighted by Gasteiger charge is -2.31. The molecule has 15 heteroatoms. The van der Waals surface area contributed by atoms with Crippen molar-refractivity contribution in [2.24, 2.45) is 0 Å². The highest BCUT2D eigenvalue weighted by atomic mass is 127. The fraction of sp³-hybridized carbons (Fsp3) is 0.600. The van der Waals surface area contributed by atoms with Gasteiger partial charge >= 0.3 is 26.7 Å². The van der Waals surface area contributed by atoms with Crippen molar-refractivity contribution in [2.75, 3.05) is 26.2 Å². The molecule has 258 valence electrons. The maximum Gasteiger partial charge on any atom is 0.499 e. The topological polar surface area (TPSA) is 109 Å². The molecule has 0 aliphatic rings. The standard InChI is InChI=1S/C18H37F3N2O6S3.C12H10I/c1-5-9-13-22(14-10-6-2)31(26,27)17(30(24,25)18(19,20)21)32(28,29)23(15-11-7-3)16-12-8-4;1-3-7-11(8-4-1)13-12-9-5-2-6-10-12/h17H,5-16H2,1-4H3;1-10H/q;+1. The average Bonchev–Trinajstić information content (AvgIpc) is 2.97. The van der Waals surface area contributed by atoms with Gasteiger partial charge in [-0.25, -0.2) is 25.3 Å². The molecule has 45 heavy (non-hydrogen) atoms. The summed E-state index contributed by atoms with van der Waals surface area (Å²) in [6.07, 6.45) is 2.94. The van der Waals surface area contributed by atoms with Crippen molar-refractivity contribution in [2.45, 2.75) is 88.5 Å². The SMILES string of the molecule is CCCCN(CCCC)S(=O)(=O)C(S(=O)(=O)N(CCCC)CCCC)S(=O)(=O)C(F)(F)F.c1ccc([I+]c2ccccc2)cc1. The van der Waals surface area contributed by atoms with E-state index in [-0.39, 0.29) is 73.1 Å². The maximum atomic E-state index is 13.5. The molecule has 0 N–H and O–H groups in total. The molecule has 2 aromatic rings. The van der Waals surface area contributed by atoms with Crippen molar-refractivity contribution >= 4 is 29.9 Å². The number of unbranched alkanes of at least 4 members (excludes halogenated alkanes) is 4. The molecular formula is C30H47F3IN2O6S3+. The number of nitrogens with zero attached hydrogens (tertiary/aromatic N) is 2. The molecule has 0 saturated heterocycles. The summed E-state index contributed by atoms with van der Waals surface area (Å²) in [5.74, 6) is 0. The molecule has 0 fully saturated rings. The normalized spacial score (nSPS) is 12.8. The van der Waals surface area contributed by atoms with Gasteiger partial charge in [0.05, 0.1) is 0 Å². The Kier molecular flexibility index (Phi) is 18.7. The second kappa shape index (κ2) is 20.2. The van der Waals surface area contributed by atoms with Crippen molar-refractivity contribution in [1.29, 1.82) is 0 Å². The van der Waals surface area contributed by atoms with E-state index in [2.05, 4.69) is 60.7 Å². The number of alkyl halides is 3. The molecule has 0 saturated carbocycles. The molecule has 0 aromatic heterocycles. The number of hydrogen-bond acceptors (Lipinski definition) is 6. The van der Waals surface area contributed by atoms with Gasteiger partial charge in [-0.3, -0.25) is 0 Å². The Morgan fingerprint density at radius 2 is 0.867 bits per heavy atom. The number of rotatable bonds is 19. The Bertz CT molecular complexity index is 1320. The van der Waals surface area contributed by atoms with E-state index in [4.69, 9.17) is 0 Å². The largest absolute Gasteiger partial charge is 0.499 e. The van der Waals surface area contributed by atoms with Crippen LogP contribution in [0.15, 0.2) is 60.7 Å². The third kappa shape index (κ3) is 13.0. The average molecular weight is 812 g/mol. The zero-order chi connectivity index (χ0) is 34.2. The van der Waals surface area contributed by atoms with Crippen LogP contribution in [0.3, 0.4) is 0 Å². The summed E-state index contributed by atoms with van der Waals surface area (Å²) in [5.41, 5.74) is -6.06. The molecule has 0 aliphatic heterocycles. The predicted octanol–water partition coefficient (Wildman–Crippen LogP) is 3.48. The summed E-state index contributed by atoms with van der Waals surface area (Å²) in [7, 11) is -17.4. The molecular weight excluding hydrogens is 764 g/mol. The predicted molar refractivity (Wildman–Crippen MR) is 170 cm³/mol. The van der Waals surface area contributed by atoms with Gasteiger partial charge in [0.25, 0.3) is 13.8 Å². The van der Waals surface area contributed by atoms with E-state index in [1.807, 2.05) is 0 Å². The number of sulfonamides is 2. The van der Waals surface area contributed by atoms with Crippen LogP contribution >= 0.6 is 0 Å². The minimum absolute atomic E-state index is 0.0287. The van der Waals surface area contributed by atoms with Gasteiger partial charge < -0.3 is 0 Å². The van der Waals surface area contributed by atoms with Crippen LogP contribution in [-0.4, -0.2) is 69.5 Å². The third-order valence-corrected chi connectivity index (χ3v) is 17.9. The van der Waals surface area contributed by atoms with Gasteiger partial charge in [-0.1, -0.05) is 89.8 Å². The first-order valence-electron chi connectivity index (χ1n) is 15.1. The molecule has 0 heterocycles.